The summed E-state index contributed by atoms with van der Waals surface area (Å²) in [5.41, 5.74) is 4.06. The Balaban J connectivity index is 0.00000115. The number of para-hydroxylation sites is 1. The van der Waals surface area contributed by atoms with Gasteiger partial charge < -0.3 is 10.4 Å². The van der Waals surface area contributed by atoms with Crippen LogP contribution >= 0.6 is 0 Å². The zero-order chi connectivity index (χ0) is 35.5. The summed E-state index contributed by atoms with van der Waals surface area (Å²) in [5, 5.41) is 39.9. The molecule has 0 radical (unpaired) electrons. The van der Waals surface area contributed by atoms with Crippen molar-refractivity contribution in [2.75, 3.05) is 5.32 Å². The molecule has 3 N–H and O–H groups in total. The molecule has 0 aliphatic rings. The number of hydrogen-bond donors (Lipinski definition) is 3. The first-order valence-corrected chi connectivity index (χ1v) is 16.9. The van der Waals surface area contributed by atoms with Crippen molar-refractivity contribution in [1.29, 1.82) is 0 Å². The van der Waals surface area contributed by atoms with Gasteiger partial charge in [-0.05, 0) is 102 Å². The predicted molar refractivity (Wildman–Crippen MR) is 187 cm³/mol. The van der Waals surface area contributed by atoms with Gasteiger partial charge in [0.25, 0.3) is 10.1 Å². The van der Waals surface area contributed by atoms with Crippen molar-refractivity contribution in [1.82, 2.24) is 0 Å². The summed E-state index contributed by atoms with van der Waals surface area (Å²) in [6, 6.07) is 38.8. The molecule has 250 valence electrons. The molecule has 6 rings (SSSR count). The van der Waals surface area contributed by atoms with Crippen LogP contribution in [-0.2, 0) is 20.7 Å². The first kappa shape index (κ1) is 34.8. The molecule has 14 nitrogen and oxygen atoms in total. The minimum absolute atomic E-state index is 0.336. The van der Waals surface area contributed by atoms with E-state index in [4.69, 9.17) is 12.6 Å². The van der Waals surface area contributed by atoms with Gasteiger partial charge in [-0.2, -0.15) is 34.0 Å². The fourth-order valence-electron chi connectivity index (χ4n) is 4.42. The monoisotopic (exact) mass is 707 g/mol. The second kappa shape index (κ2) is 16.1. The van der Waals surface area contributed by atoms with Gasteiger partial charge in [0, 0.05) is 16.8 Å². The number of aromatic hydroxyl groups is 1. The Kier molecular flexibility index (Phi) is 11.2. The highest BCUT2D eigenvalue weighted by atomic mass is 32.2. The summed E-state index contributed by atoms with van der Waals surface area (Å²) in [4.78, 5) is -0.573. The molecule has 0 atom stereocenters. The Morgan fingerprint density at radius 1 is 0.520 bits per heavy atom. The molecule has 0 bridgehead atoms. The molecule has 0 aromatic heterocycles. The van der Waals surface area contributed by atoms with Gasteiger partial charge in [-0.15, -0.1) is 17.7 Å². The van der Waals surface area contributed by atoms with Gasteiger partial charge in [0.2, 0.25) is 0 Å². The summed E-state index contributed by atoms with van der Waals surface area (Å²) in [6.45, 7) is 0. The molecule has 0 heterocycles. The molecule has 6 aromatic carbocycles. The average Bonchev–Trinajstić information content (AvgIpc) is 3.10. The van der Waals surface area contributed by atoms with Gasteiger partial charge in [-0.1, -0.05) is 36.4 Å². The third kappa shape index (κ3) is 9.77. The van der Waals surface area contributed by atoms with E-state index in [1.807, 2.05) is 60.7 Å². The van der Waals surface area contributed by atoms with E-state index in [-0.39, 0.29) is 5.69 Å². The Morgan fingerprint density at radius 2 is 0.940 bits per heavy atom. The number of phenolic OH excluding ortho intramolecular Hbond substituents is 1. The lowest BCUT2D eigenvalue weighted by molar-refractivity contribution is 0.472. The smallest absolute Gasteiger partial charge is 0.425 e. The van der Waals surface area contributed by atoms with E-state index in [0.717, 1.165) is 11.4 Å². The largest absolute Gasteiger partial charge is 0.505 e. The molecule has 0 aliphatic carbocycles. The highest BCUT2D eigenvalue weighted by molar-refractivity contribution is 7.86. The first-order chi connectivity index (χ1) is 24.0. The van der Waals surface area contributed by atoms with E-state index in [2.05, 4.69) is 36.0 Å². The predicted octanol–water partition coefficient (Wildman–Crippen LogP) is 9.78. The second-order valence-corrected chi connectivity index (χ2v) is 11.9. The number of azo groups is 3. The van der Waals surface area contributed by atoms with E-state index in [1.54, 1.807) is 66.7 Å². The second-order valence-electron chi connectivity index (χ2n) is 10.1. The summed E-state index contributed by atoms with van der Waals surface area (Å²) >= 11 is 0. The maximum Gasteiger partial charge on any atom is 0.425 e. The zero-order valence-electron chi connectivity index (χ0n) is 25.6. The lowest BCUT2D eigenvalue weighted by Crippen LogP contribution is -1.99. The number of nitrogens with one attached hydrogen (secondary N) is 1. The maximum atomic E-state index is 12.3. The van der Waals surface area contributed by atoms with Crippen LogP contribution in [0.1, 0.15) is 0 Å². The third-order valence-electron chi connectivity index (χ3n) is 6.67. The molecule has 16 heteroatoms. The van der Waals surface area contributed by atoms with Crippen LogP contribution in [0.25, 0.3) is 10.8 Å². The minimum atomic E-state index is -4.76. The van der Waals surface area contributed by atoms with Crippen LogP contribution in [0.2, 0.25) is 0 Å². The molecule has 0 saturated carbocycles. The quantitative estimate of drug-likeness (QED) is 0.0969. The van der Waals surface area contributed by atoms with Gasteiger partial charge in [-0.25, -0.2) is 0 Å². The number of phenols is 1. The fraction of sp³-hybridized carbons (Fsp3) is 0. The van der Waals surface area contributed by atoms with Crippen molar-refractivity contribution in [3.63, 3.8) is 0 Å². The average molecular weight is 708 g/mol. The van der Waals surface area contributed by atoms with Crippen molar-refractivity contribution in [3.8, 4) is 5.75 Å². The lowest BCUT2D eigenvalue weighted by atomic mass is 10.1. The van der Waals surface area contributed by atoms with E-state index in [9.17, 15) is 18.1 Å². The van der Waals surface area contributed by atoms with Crippen molar-refractivity contribution < 1.29 is 30.7 Å². The van der Waals surface area contributed by atoms with Crippen molar-refractivity contribution in [3.05, 3.63) is 133 Å². The molecule has 0 aliphatic heterocycles. The molecule has 0 saturated heterocycles. The number of fused-ring (bicyclic) bond motifs is 1. The van der Waals surface area contributed by atoms with Crippen LogP contribution in [0.5, 0.6) is 5.75 Å². The molecular weight excluding hydrogens is 683 g/mol. The van der Waals surface area contributed by atoms with Crippen molar-refractivity contribution in [2.24, 2.45) is 30.7 Å². The highest BCUT2D eigenvalue weighted by Gasteiger charge is 2.22. The highest BCUT2D eigenvalue weighted by Crippen LogP contribution is 2.42. The fourth-order valence-corrected chi connectivity index (χ4v) is 5.07. The van der Waals surface area contributed by atoms with Crippen LogP contribution < -0.4 is 5.32 Å². The Bertz CT molecular complexity index is 2420. The Labute approximate surface area is 287 Å². The molecule has 0 unspecified atom stereocenters. The van der Waals surface area contributed by atoms with Crippen LogP contribution in [0.15, 0.2) is 169 Å². The summed E-state index contributed by atoms with van der Waals surface area (Å²) < 4.78 is 59.8. The van der Waals surface area contributed by atoms with Crippen LogP contribution in [0.4, 0.5) is 45.5 Å². The normalized spacial score (nSPS) is 11.5. The molecule has 50 heavy (non-hydrogen) atoms. The van der Waals surface area contributed by atoms with Gasteiger partial charge in [0.15, 0.2) is 5.75 Å². The van der Waals surface area contributed by atoms with Gasteiger partial charge in [0.05, 0.1) is 28.4 Å². The topological polar surface area (TPSA) is 212 Å². The van der Waals surface area contributed by atoms with E-state index < -0.39 is 31.4 Å². The number of nitrogens with zero attached hydrogens (tertiary/aromatic N) is 6. The zero-order valence-corrected chi connectivity index (χ0v) is 27.3. The standard InChI is InChI=1S/C34H25N7O4S.O3S/c42-34-31-20-19-30(35-24-7-3-1-4-8-24)21-23(31)22-32(46(43,44)45)33(34)41-40-29-17-15-28(16-18-29)39-38-27-13-11-26(12-14-27)37-36-25-9-5-2-6-10-25;1-4(2)3/h1-22,35,42H,(H,43,44,45);. The van der Waals surface area contributed by atoms with Crippen molar-refractivity contribution >= 4 is 77.0 Å². The molecule has 6 aromatic rings. The third-order valence-corrected chi connectivity index (χ3v) is 7.54. The number of rotatable bonds is 9. The summed E-state index contributed by atoms with van der Waals surface area (Å²) in [5.74, 6) is -0.432. The Morgan fingerprint density at radius 3 is 1.40 bits per heavy atom. The van der Waals surface area contributed by atoms with Crippen LogP contribution in [0, 0.1) is 0 Å². The molecule has 0 fully saturated rings. The molecule has 0 amide bonds. The van der Waals surface area contributed by atoms with E-state index >= 15 is 0 Å². The summed E-state index contributed by atoms with van der Waals surface area (Å²) in [7, 11) is -7.87. The van der Waals surface area contributed by atoms with Crippen LogP contribution in [0.3, 0.4) is 0 Å². The number of anilines is 2. The van der Waals surface area contributed by atoms with Gasteiger partial charge in [-0.3, -0.25) is 4.55 Å². The SMILES string of the molecule is O=S(=O)(O)c1cc2cc(Nc3ccccc3)ccc2c(O)c1N=Nc1ccc(N=Nc2ccc(N=Nc3ccccc3)cc2)cc1.O=S(=O)=O. The van der Waals surface area contributed by atoms with Gasteiger partial charge in [0.1, 0.15) is 10.6 Å². The summed E-state index contributed by atoms with van der Waals surface area (Å²) in [6.07, 6.45) is 0. The van der Waals surface area contributed by atoms with Gasteiger partial charge >= 0.3 is 10.6 Å². The Hall–Kier alpha value is -6.49. The number of benzene rings is 6. The number of hydrogen-bond acceptors (Lipinski definition) is 13. The lowest BCUT2D eigenvalue weighted by Gasteiger charge is -2.11. The van der Waals surface area contributed by atoms with E-state index in [1.165, 1.54) is 6.07 Å². The maximum absolute atomic E-state index is 12.3. The first-order valence-electron chi connectivity index (χ1n) is 14.4. The van der Waals surface area contributed by atoms with Crippen LogP contribution in [-0.4, -0.2) is 30.7 Å². The minimum Gasteiger partial charge on any atom is -0.505 e. The molecular formula is C34H25N7O7S2. The van der Waals surface area contributed by atoms with E-state index in [0.29, 0.717) is 39.2 Å². The van der Waals surface area contributed by atoms with Crippen molar-refractivity contribution in [2.45, 2.75) is 4.90 Å². The molecule has 0 spiro atoms.